The van der Waals surface area contributed by atoms with E-state index in [1.54, 1.807) is 6.20 Å². The molecule has 16 heavy (non-hydrogen) atoms. The van der Waals surface area contributed by atoms with Crippen molar-refractivity contribution in [3.05, 3.63) is 23.9 Å². The number of unbranched alkanes of at least 4 members (excludes halogenated alkanes) is 1. The maximum Gasteiger partial charge on any atom is 0.127 e. The third-order valence-corrected chi connectivity index (χ3v) is 3.16. The normalized spacial score (nSPS) is 15.6. The van der Waals surface area contributed by atoms with Gasteiger partial charge in [-0.1, -0.05) is 19.4 Å². The largest absolute Gasteiger partial charge is 0.383 e. The Labute approximate surface area is 97.7 Å². The van der Waals surface area contributed by atoms with Crippen molar-refractivity contribution in [3.8, 4) is 0 Å². The van der Waals surface area contributed by atoms with Gasteiger partial charge in [0.25, 0.3) is 0 Å². The fraction of sp³-hybridized carbons (Fsp3) is 0.615. The van der Waals surface area contributed by atoms with Crippen LogP contribution in [0.1, 0.15) is 38.2 Å². The number of anilines is 1. The van der Waals surface area contributed by atoms with E-state index in [0.29, 0.717) is 5.82 Å². The van der Waals surface area contributed by atoms with Crippen molar-refractivity contribution in [3.63, 3.8) is 0 Å². The van der Waals surface area contributed by atoms with E-state index >= 15 is 0 Å². The molecule has 88 valence electrons. The number of rotatable bonds is 6. The lowest BCUT2D eigenvalue weighted by atomic mass is 10.2. The average Bonchev–Trinajstić information content (AvgIpc) is 3.10. The molecule has 0 atom stereocenters. The van der Waals surface area contributed by atoms with Crippen LogP contribution in [0.4, 0.5) is 5.82 Å². The molecule has 0 aromatic carbocycles. The van der Waals surface area contributed by atoms with Crippen LogP contribution in [0.2, 0.25) is 0 Å². The molecule has 0 spiro atoms. The van der Waals surface area contributed by atoms with Gasteiger partial charge in [0.2, 0.25) is 0 Å². The van der Waals surface area contributed by atoms with Crippen LogP contribution in [-0.4, -0.2) is 22.5 Å². The van der Waals surface area contributed by atoms with Crippen LogP contribution in [0.3, 0.4) is 0 Å². The fourth-order valence-electron chi connectivity index (χ4n) is 1.99. The Morgan fingerprint density at radius 2 is 2.31 bits per heavy atom. The van der Waals surface area contributed by atoms with Gasteiger partial charge in [-0.25, -0.2) is 4.98 Å². The van der Waals surface area contributed by atoms with Gasteiger partial charge < -0.3 is 5.73 Å². The zero-order chi connectivity index (χ0) is 11.4. The molecule has 3 nitrogen and oxygen atoms in total. The average molecular weight is 219 g/mol. The van der Waals surface area contributed by atoms with Gasteiger partial charge in [0, 0.05) is 24.3 Å². The van der Waals surface area contributed by atoms with Crippen LogP contribution < -0.4 is 5.73 Å². The quantitative estimate of drug-likeness (QED) is 0.799. The van der Waals surface area contributed by atoms with Crippen LogP contribution in [-0.2, 0) is 6.54 Å². The van der Waals surface area contributed by atoms with Gasteiger partial charge in [-0.3, -0.25) is 4.90 Å². The van der Waals surface area contributed by atoms with Crippen molar-refractivity contribution in [2.75, 3.05) is 12.3 Å². The molecule has 0 bridgehead atoms. The summed E-state index contributed by atoms with van der Waals surface area (Å²) >= 11 is 0. The Morgan fingerprint density at radius 3 is 2.94 bits per heavy atom. The van der Waals surface area contributed by atoms with Gasteiger partial charge in [0.05, 0.1) is 0 Å². The Kier molecular flexibility index (Phi) is 3.78. The van der Waals surface area contributed by atoms with Crippen LogP contribution >= 0.6 is 0 Å². The van der Waals surface area contributed by atoms with E-state index in [0.717, 1.165) is 12.6 Å². The van der Waals surface area contributed by atoms with Crippen molar-refractivity contribution >= 4 is 5.82 Å². The second-order valence-corrected chi connectivity index (χ2v) is 4.60. The number of hydrogen-bond donors (Lipinski definition) is 1. The van der Waals surface area contributed by atoms with E-state index in [4.69, 9.17) is 5.73 Å². The highest BCUT2D eigenvalue weighted by molar-refractivity contribution is 5.38. The number of nitrogens with zero attached hydrogens (tertiary/aromatic N) is 2. The SMILES string of the molecule is CCCCN(Cc1cccnc1N)C1CC1. The first-order chi connectivity index (χ1) is 7.81. The molecular formula is C13H21N3. The zero-order valence-electron chi connectivity index (χ0n) is 10.0. The zero-order valence-corrected chi connectivity index (χ0v) is 10.0. The number of aromatic nitrogens is 1. The van der Waals surface area contributed by atoms with Crippen molar-refractivity contribution in [2.24, 2.45) is 0 Å². The Hall–Kier alpha value is -1.09. The molecule has 0 unspecified atom stereocenters. The van der Waals surface area contributed by atoms with Gasteiger partial charge in [-0.05, 0) is 31.9 Å². The fourth-order valence-corrected chi connectivity index (χ4v) is 1.99. The van der Waals surface area contributed by atoms with Crippen LogP contribution in [0.25, 0.3) is 0 Å². The van der Waals surface area contributed by atoms with Gasteiger partial charge in [0.1, 0.15) is 5.82 Å². The summed E-state index contributed by atoms with van der Waals surface area (Å²) in [5, 5.41) is 0. The smallest absolute Gasteiger partial charge is 0.127 e. The van der Waals surface area contributed by atoms with E-state index in [-0.39, 0.29) is 0 Å². The van der Waals surface area contributed by atoms with E-state index in [9.17, 15) is 0 Å². The number of nitrogens with two attached hydrogens (primary N) is 1. The molecule has 1 aliphatic carbocycles. The Morgan fingerprint density at radius 1 is 1.50 bits per heavy atom. The molecule has 3 heteroatoms. The third-order valence-electron chi connectivity index (χ3n) is 3.16. The van der Waals surface area contributed by atoms with Gasteiger partial charge in [-0.2, -0.15) is 0 Å². The Balaban J connectivity index is 1.97. The second kappa shape index (κ2) is 5.30. The van der Waals surface area contributed by atoms with Crippen molar-refractivity contribution < 1.29 is 0 Å². The maximum atomic E-state index is 5.88. The maximum absolute atomic E-state index is 5.88. The van der Waals surface area contributed by atoms with Gasteiger partial charge >= 0.3 is 0 Å². The summed E-state index contributed by atoms with van der Waals surface area (Å²) < 4.78 is 0. The van der Waals surface area contributed by atoms with Gasteiger partial charge in [-0.15, -0.1) is 0 Å². The molecular weight excluding hydrogens is 198 g/mol. The summed E-state index contributed by atoms with van der Waals surface area (Å²) in [6, 6.07) is 4.85. The standard InChI is InChI=1S/C13H21N3/c1-2-3-9-16(12-6-7-12)10-11-5-4-8-15-13(11)14/h4-5,8,12H,2-3,6-7,9-10H2,1H3,(H2,14,15). The highest BCUT2D eigenvalue weighted by Gasteiger charge is 2.28. The summed E-state index contributed by atoms with van der Waals surface area (Å²) in [4.78, 5) is 6.70. The van der Waals surface area contributed by atoms with Crippen LogP contribution in [0.5, 0.6) is 0 Å². The molecule has 1 aliphatic rings. The van der Waals surface area contributed by atoms with E-state index < -0.39 is 0 Å². The molecule has 0 saturated heterocycles. The first kappa shape index (κ1) is 11.4. The van der Waals surface area contributed by atoms with E-state index in [1.165, 1.54) is 37.8 Å². The third kappa shape index (κ3) is 2.95. The monoisotopic (exact) mass is 219 g/mol. The minimum absolute atomic E-state index is 0.685. The lowest BCUT2D eigenvalue weighted by Crippen LogP contribution is -2.27. The molecule has 2 rings (SSSR count). The minimum atomic E-state index is 0.685. The van der Waals surface area contributed by atoms with Crippen molar-refractivity contribution in [2.45, 2.75) is 45.2 Å². The van der Waals surface area contributed by atoms with Crippen molar-refractivity contribution in [1.82, 2.24) is 9.88 Å². The van der Waals surface area contributed by atoms with E-state index in [1.807, 2.05) is 6.07 Å². The highest BCUT2D eigenvalue weighted by Crippen LogP contribution is 2.29. The first-order valence-corrected chi connectivity index (χ1v) is 6.24. The summed E-state index contributed by atoms with van der Waals surface area (Å²) in [7, 11) is 0. The summed E-state index contributed by atoms with van der Waals surface area (Å²) in [5.74, 6) is 0.685. The topological polar surface area (TPSA) is 42.2 Å². The number of hydrogen-bond acceptors (Lipinski definition) is 3. The molecule has 1 aromatic heterocycles. The molecule has 0 radical (unpaired) electrons. The van der Waals surface area contributed by atoms with Gasteiger partial charge in [0.15, 0.2) is 0 Å². The summed E-state index contributed by atoms with van der Waals surface area (Å²) in [5.41, 5.74) is 7.05. The molecule has 2 N–H and O–H groups in total. The molecule has 1 saturated carbocycles. The predicted molar refractivity (Wildman–Crippen MR) is 67.0 cm³/mol. The first-order valence-electron chi connectivity index (χ1n) is 6.24. The molecule has 1 fully saturated rings. The lowest BCUT2D eigenvalue weighted by Gasteiger charge is -2.22. The molecule has 0 amide bonds. The lowest BCUT2D eigenvalue weighted by molar-refractivity contribution is 0.251. The summed E-state index contributed by atoms with van der Waals surface area (Å²) in [6.45, 7) is 4.39. The molecule has 1 heterocycles. The van der Waals surface area contributed by atoms with Crippen LogP contribution in [0, 0.1) is 0 Å². The van der Waals surface area contributed by atoms with E-state index in [2.05, 4.69) is 22.9 Å². The van der Waals surface area contributed by atoms with Crippen LogP contribution in [0.15, 0.2) is 18.3 Å². The highest BCUT2D eigenvalue weighted by atomic mass is 15.2. The molecule has 1 aromatic rings. The van der Waals surface area contributed by atoms with Crippen molar-refractivity contribution in [1.29, 1.82) is 0 Å². The number of nitrogen functional groups attached to an aromatic ring is 1. The summed E-state index contributed by atoms with van der Waals surface area (Å²) in [6.07, 6.45) is 6.99. The second-order valence-electron chi connectivity index (χ2n) is 4.60. The number of pyridine rings is 1. The predicted octanol–water partition coefficient (Wildman–Crippen LogP) is 2.43. The molecule has 0 aliphatic heterocycles. The Bertz CT molecular complexity index is 334. The minimum Gasteiger partial charge on any atom is -0.383 e.